The quantitative estimate of drug-likeness (QED) is 0.667. The Bertz CT molecular complexity index is 419. The molecule has 0 saturated carbocycles. The summed E-state index contributed by atoms with van der Waals surface area (Å²) in [5, 5.41) is 2.82. The van der Waals surface area contributed by atoms with Crippen molar-refractivity contribution in [2.45, 2.75) is 32.9 Å². The van der Waals surface area contributed by atoms with Gasteiger partial charge in [0.2, 0.25) is 5.28 Å². The number of nitrogens with zero attached hydrogens (tertiary/aromatic N) is 2. The summed E-state index contributed by atoms with van der Waals surface area (Å²) in [5.41, 5.74) is 0.0339. The molecule has 0 radical (unpaired) electrons. The number of carbonyl (C=O) groups is 1. The number of halogens is 2. The first-order chi connectivity index (χ1) is 7.78. The number of amides is 1. The van der Waals surface area contributed by atoms with E-state index in [4.69, 9.17) is 27.9 Å². The highest BCUT2D eigenvalue weighted by Crippen LogP contribution is 2.14. The van der Waals surface area contributed by atoms with E-state index < -0.39 is 11.7 Å². The predicted octanol–water partition coefficient (Wildman–Crippen LogP) is 2.81. The van der Waals surface area contributed by atoms with Gasteiger partial charge in [-0.15, -0.1) is 0 Å². The number of hydrogen-bond donors (Lipinski definition) is 1. The van der Waals surface area contributed by atoms with Crippen molar-refractivity contribution in [2.75, 3.05) is 0 Å². The molecule has 1 rings (SSSR count). The Morgan fingerprint density at radius 2 is 2.12 bits per heavy atom. The van der Waals surface area contributed by atoms with Crippen LogP contribution in [-0.4, -0.2) is 21.7 Å². The first kappa shape index (κ1) is 14.0. The zero-order valence-electron chi connectivity index (χ0n) is 9.75. The standard InChI is InChI=1S/C10H13Cl2N3O2/c1-10(2,3)17-9(16)14-5-6-4-13-8(12)15-7(6)11/h4H,5H2,1-3H3,(H,14,16). The molecule has 0 aromatic carbocycles. The van der Waals surface area contributed by atoms with Crippen molar-refractivity contribution >= 4 is 29.3 Å². The van der Waals surface area contributed by atoms with E-state index in [1.54, 1.807) is 20.8 Å². The van der Waals surface area contributed by atoms with Gasteiger partial charge in [0.05, 0.1) is 6.54 Å². The van der Waals surface area contributed by atoms with Gasteiger partial charge in [-0.3, -0.25) is 0 Å². The van der Waals surface area contributed by atoms with Crippen molar-refractivity contribution in [2.24, 2.45) is 0 Å². The summed E-state index contributed by atoms with van der Waals surface area (Å²) in [6.45, 7) is 5.53. The molecule has 1 aromatic rings. The van der Waals surface area contributed by atoms with Crippen molar-refractivity contribution < 1.29 is 9.53 Å². The third kappa shape index (κ3) is 5.19. The number of aromatic nitrogens is 2. The second-order valence-electron chi connectivity index (χ2n) is 4.31. The Kier molecular flexibility index (Phi) is 4.54. The summed E-state index contributed by atoms with van der Waals surface area (Å²) in [4.78, 5) is 18.9. The Morgan fingerprint density at radius 1 is 1.47 bits per heavy atom. The molecule has 0 bridgehead atoms. The molecular weight excluding hydrogens is 265 g/mol. The first-order valence-corrected chi connectivity index (χ1v) is 5.67. The third-order valence-electron chi connectivity index (χ3n) is 1.60. The Labute approximate surface area is 109 Å². The molecule has 0 aliphatic rings. The summed E-state index contributed by atoms with van der Waals surface area (Å²) >= 11 is 11.4. The van der Waals surface area contributed by atoms with Gasteiger partial charge < -0.3 is 10.1 Å². The summed E-state index contributed by atoms with van der Waals surface area (Å²) in [6, 6.07) is 0. The summed E-state index contributed by atoms with van der Waals surface area (Å²) in [7, 11) is 0. The van der Waals surface area contributed by atoms with Crippen molar-refractivity contribution in [1.29, 1.82) is 0 Å². The maximum atomic E-state index is 11.4. The van der Waals surface area contributed by atoms with E-state index in [2.05, 4.69) is 15.3 Å². The minimum Gasteiger partial charge on any atom is -0.444 e. The molecule has 0 unspecified atom stereocenters. The molecule has 0 saturated heterocycles. The average molecular weight is 278 g/mol. The molecular formula is C10H13Cl2N3O2. The third-order valence-corrected chi connectivity index (χ3v) is 2.11. The van der Waals surface area contributed by atoms with Crippen LogP contribution >= 0.6 is 23.2 Å². The normalized spacial score (nSPS) is 11.1. The van der Waals surface area contributed by atoms with E-state index in [1.807, 2.05) is 0 Å². The van der Waals surface area contributed by atoms with Crippen LogP contribution in [0.25, 0.3) is 0 Å². The Hall–Kier alpha value is -1.07. The molecule has 0 fully saturated rings. The first-order valence-electron chi connectivity index (χ1n) is 4.92. The van der Waals surface area contributed by atoms with Gasteiger partial charge in [0.15, 0.2) is 0 Å². The monoisotopic (exact) mass is 277 g/mol. The molecule has 1 N–H and O–H groups in total. The van der Waals surface area contributed by atoms with Gasteiger partial charge in [0.1, 0.15) is 10.8 Å². The topological polar surface area (TPSA) is 64.1 Å². The molecule has 17 heavy (non-hydrogen) atoms. The lowest BCUT2D eigenvalue weighted by molar-refractivity contribution is 0.0523. The van der Waals surface area contributed by atoms with Crippen LogP contribution in [-0.2, 0) is 11.3 Å². The Morgan fingerprint density at radius 3 is 2.65 bits per heavy atom. The summed E-state index contributed by atoms with van der Waals surface area (Å²) in [6.07, 6.45) is 0.929. The molecule has 0 atom stereocenters. The smallest absolute Gasteiger partial charge is 0.407 e. The zero-order chi connectivity index (χ0) is 13.1. The zero-order valence-corrected chi connectivity index (χ0v) is 11.3. The highest BCUT2D eigenvalue weighted by Gasteiger charge is 2.16. The number of carbonyl (C=O) groups excluding carboxylic acids is 1. The second kappa shape index (κ2) is 5.51. The van der Waals surface area contributed by atoms with E-state index in [9.17, 15) is 4.79 Å². The molecule has 0 spiro atoms. The van der Waals surface area contributed by atoms with E-state index in [0.29, 0.717) is 5.56 Å². The number of hydrogen-bond acceptors (Lipinski definition) is 4. The summed E-state index contributed by atoms with van der Waals surface area (Å²) < 4.78 is 5.06. The van der Waals surface area contributed by atoms with Crippen LogP contribution in [0.3, 0.4) is 0 Å². The van der Waals surface area contributed by atoms with E-state index in [1.165, 1.54) is 6.20 Å². The molecule has 0 aliphatic carbocycles. The fourth-order valence-corrected chi connectivity index (χ4v) is 1.34. The van der Waals surface area contributed by atoms with Crippen molar-refractivity contribution in [1.82, 2.24) is 15.3 Å². The molecule has 0 aliphatic heterocycles. The molecule has 1 heterocycles. The van der Waals surface area contributed by atoms with Crippen LogP contribution in [0.5, 0.6) is 0 Å². The van der Waals surface area contributed by atoms with Crippen molar-refractivity contribution in [3.63, 3.8) is 0 Å². The van der Waals surface area contributed by atoms with Gasteiger partial charge in [0.25, 0.3) is 0 Å². The van der Waals surface area contributed by atoms with Crippen molar-refractivity contribution in [3.8, 4) is 0 Å². The number of nitrogens with one attached hydrogen (secondary N) is 1. The van der Waals surface area contributed by atoms with Crippen LogP contribution in [0.1, 0.15) is 26.3 Å². The minimum atomic E-state index is -0.537. The number of alkyl carbamates (subject to hydrolysis) is 1. The SMILES string of the molecule is CC(C)(C)OC(=O)NCc1cnc(Cl)nc1Cl. The van der Waals surface area contributed by atoms with Gasteiger partial charge in [-0.25, -0.2) is 14.8 Å². The lowest BCUT2D eigenvalue weighted by Crippen LogP contribution is -2.32. The van der Waals surface area contributed by atoms with E-state index >= 15 is 0 Å². The summed E-state index contributed by atoms with van der Waals surface area (Å²) in [5.74, 6) is 0. The molecule has 5 nitrogen and oxygen atoms in total. The maximum absolute atomic E-state index is 11.4. The van der Waals surface area contributed by atoms with Crippen LogP contribution in [0, 0.1) is 0 Å². The second-order valence-corrected chi connectivity index (χ2v) is 5.01. The largest absolute Gasteiger partial charge is 0.444 e. The molecule has 94 valence electrons. The highest BCUT2D eigenvalue weighted by atomic mass is 35.5. The molecule has 7 heteroatoms. The average Bonchev–Trinajstić information content (AvgIpc) is 2.13. The molecule has 1 aromatic heterocycles. The predicted molar refractivity (Wildman–Crippen MR) is 65.1 cm³/mol. The van der Waals surface area contributed by atoms with Crippen LogP contribution in [0.15, 0.2) is 6.20 Å². The fraction of sp³-hybridized carbons (Fsp3) is 0.500. The Balaban J connectivity index is 2.53. The number of rotatable bonds is 2. The lowest BCUT2D eigenvalue weighted by atomic mass is 10.2. The van der Waals surface area contributed by atoms with Crippen LogP contribution in [0.4, 0.5) is 4.79 Å². The van der Waals surface area contributed by atoms with E-state index in [-0.39, 0.29) is 17.0 Å². The highest BCUT2D eigenvalue weighted by molar-refractivity contribution is 6.32. The van der Waals surface area contributed by atoms with Gasteiger partial charge in [-0.1, -0.05) is 11.6 Å². The van der Waals surface area contributed by atoms with Gasteiger partial charge >= 0.3 is 6.09 Å². The van der Waals surface area contributed by atoms with Gasteiger partial charge in [0, 0.05) is 11.8 Å². The fourth-order valence-electron chi connectivity index (χ4n) is 0.966. The maximum Gasteiger partial charge on any atom is 0.407 e. The van der Waals surface area contributed by atoms with Crippen molar-refractivity contribution in [3.05, 3.63) is 22.2 Å². The number of ether oxygens (including phenoxy) is 1. The van der Waals surface area contributed by atoms with E-state index in [0.717, 1.165) is 0 Å². The minimum absolute atomic E-state index is 0.0658. The van der Waals surface area contributed by atoms with Crippen LogP contribution < -0.4 is 5.32 Å². The van der Waals surface area contributed by atoms with Gasteiger partial charge in [-0.2, -0.15) is 0 Å². The van der Waals surface area contributed by atoms with Gasteiger partial charge in [-0.05, 0) is 32.4 Å². The lowest BCUT2D eigenvalue weighted by Gasteiger charge is -2.19. The van der Waals surface area contributed by atoms with Crippen LogP contribution in [0.2, 0.25) is 10.4 Å². The molecule has 1 amide bonds.